The fraction of sp³-hybridized carbons (Fsp3) is 0.500. The van der Waals surface area contributed by atoms with Crippen LogP contribution in [0.1, 0.15) is 23.1 Å². The molecule has 0 aromatic heterocycles. The predicted molar refractivity (Wildman–Crippen MR) is 69.0 cm³/mol. The monoisotopic (exact) mass is 232 g/mol. The number of nitrogens with one attached hydrogen (secondary N) is 2. The minimum absolute atomic E-state index is 0.0244. The average Bonchev–Trinajstić information content (AvgIpc) is 2.32. The third kappa shape index (κ3) is 3.07. The molecule has 17 heavy (non-hydrogen) atoms. The van der Waals surface area contributed by atoms with E-state index in [0.717, 1.165) is 25.9 Å². The maximum atomic E-state index is 11.6. The smallest absolute Gasteiger partial charge is 0.237 e. The Morgan fingerprint density at radius 1 is 1.29 bits per heavy atom. The molecule has 1 saturated heterocycles. The summed E-state index contributed by atoms with van der Waals surface area (Å²) in [6, 6.07) is 6.48. The number of hydrogen-bond acceptors (Lipinski definition) is 2. The van der Waals surface area contributed by atoms with Gasteiger partial charge in [-0.05, 0) is 37.8 Å². The van der Waals surface area contributed by atoms with Gasteiger partial charge in [-0.25, -0.2) is 0 Å². The highest BCUT2D eigenvalue weighted by molar-refractivity contribution is 5.82. The minimum Gasteiger partial charge on any atom is -0.353 e. The molecule has 1 unspecified atom stereocenters. The molecular formula is C14H20N2O. The topological polar surface area (TPSA) is 41.1 Å². The van der Waals surface area contributed by atoms with Crippen molar-refractivity contribution >= 4 is 5.91 Å². The maximum absolute atomic E-state index is 11.6. The quantitative estimate of drug-likeness (QED) is 0.825. The van der Waals surface area contributed by atoms with Crippen molar-refractivity contribution in [1.82, 2.24) is 10.6 Å². The van der Waals surface area contributed by atoms with Crippen LogP contribution >= 0.6 is 0 Å². The Labute approximate surface area is 103 Å². The van der Waals surface area contributed by atoms with E-state index in [1.165, 1.54) is 16.7 Å². The van der Waals surface area contributed by atoms with E-state index in [1.54, 1.807) is 0 Å². The molecule has 1 atom stereocenters. The molecule has 0 aliphatic carbocycles. The maximum Gasteiger partial charge on any atom is 0.237 e. The molecular weight excluding hydrogens is 212 g/mol. The second kappa shape index (κ2) is 5.32. The minimum atomic E-state index is -0.0244. The highest BCUT2D eigenvalue weighted by atomic mass is 16.2. The fourth-order valence-electron chi connectivity index (χ4n) is 2.25. The van der Waals surface area contributed by atoms with Crippen molar-refractivity contribution in [3.8, 4) is 0 Å². The number of carbonyl (C=O) groups excluding carboxylic acids is 1. The lowest BCUT2D eigenvalue weighted by Crippen LogP contribution is -2.52. The molecule has 1 aromatic carbocycles. The largest absolute Gasteiger partial charge is 0.353 e. The SMILES string of the molecule is Cc1ccc(C)c(CCC2NCCNC2=O)c1. The molecule has 92 valence electrons. The third-order valence-corrected chi connectivity index (χ3v) is 3.34. The molecule has 1 aromatic rings. The summed E-state index contributed by atoms with van der Waals surface area (Å²) in [5.41, 5.74) is 3.95. The van der Waals surface area contributed by atoms with Crippen molar-refractivity contribution in [2.24, 2.45) is 0 Å². The molecule has 0 bridgehead atoms. The van der Waals surface area contributed by atoms with E-state index in [-0.39, 0.29) is 11.9 Å². The highest BCUT2D eigenvalue weighted by Crippen LogP contribution is 2.14. The molecule has 1 amide bonds. The van der Waals surface area contributed by atoms with E-state index in [4.69, 9.17) is 0 Å². The third-order valence-electron chi connectivity index (χ3n) is 3.34. The number of amides is 1. The zero-order chi connectivity index (χ0) is 12.3. The molecule has 2 rings (SSSR count). The van der Waals surface area contributed by atoms with Gasteiger partial charge in [0.1, 0.15) is 0 Å². The Balaban J connectivity index is 1.97. The normalized spacial score (nSPS) is 20.1. The van der Waals surface area contributed by atoms with Crippen LogP contribution in [0, 0.1) is 13.8 Å². The first kappa shape index (κ1) is 12.1. The van der Waals surface area contributed by atoms with Crippen molar-refractivity contribution in [3.05, 3.63) is 34.9 Å². The lowest BCUT2D eigenvalue weighted by molar-refractivity contribution is -0.124. The average molecular weight is 232 g/mol. The Bertz CT molecular complexity index is 415. The van der Waals surface area contributed by atoms with Crippen LogP contribution in [0.2, 0.25) is 0 Å². The number of benzene rings is 1. The van der Waals surface area contributed by atoms with E-state index in [9.17, 15) is 4.79 Å². The van der Waals surface area contributed by atoms with E-state index < -0.39 is 0 Å². The molecule has 3 nitrogen and oxygen atoms in total. The summed E-state index contributed by atoms with van der Waals surface area (Å²) in [6.45, 7) is 5.86. The molecule has 0 radical (unpaired) electrons. The van der Waals surface area contributed by atoms with Crippen molar-refractivity contribution in [2.45, 2.75) is 32.7 Å². The summed E-state index contributed by atoms with van der Waals surface area (Å²) < 4.78 is 0. The summed E-state index contributed by atoms with van der Waals surface area (Å²) in [5, 5.41) is 6.15. The van der Waals surface area contributed by atoms with Crippen LogP contribution in [0.5, 0.6) is 0 Å². The zero-order valence-corrected chi connectivity index (χ0v) is 10.5. The highest BCUT2D eigenvalue weighted by Gasteiger charge is 2.20. The molecule has 1 aliphatic rings. The molecule has 1 fully saturated rings. The van der Waals surface area contributed by atoms with Gasteiger partial charge in [0.15, 0.2) is 0 Å². The van der Waals surface area contributed by atoms with Gasteiger partial charge < -0.3 is 10.6 Å². The standard InChI is InChI=1S/C14H20N2O/c1-10-3-4-11(2)12(9-10)5-6-13-14(17)16-8-7-15-13/h3-4,9,13,15H,5-8H2,1-2H3,(H,16,17). The lowest BCUT2D eigenvalue weighted by Gasteiger charge is -2.23. The van der Waals surface area contributed by atoms with Gasteiger partial charge in [0.05, 0.1) is 6.04 Å². The molecule has 1 heterocycles. The number of carbonyl (C=O) groups is 1. The van der Waals surface area contributed by atoms with Crippen LogP contribution in [0.3, 0.4) is 0 Å². The zero-order valence-electron chi connectivity index (χ0n) is 10.5. The first-order chi connectivity index (χ1) is 8.16. The number of aryl methyl sites for hydroxylation is 3. The van der Waals surface area contributed by atoms with Crippen LogP contribution < -0.4 is 10.6 Å². The summed E-state index contributed by atoms with van der Waals surface area (Å²) in [7, 11) is 0. The van der Waals surface area contributed by atoms with Crippen molar-refractivity contribution in [3.63, 3.8) is 0 Å². The Hall–Kier alpha value is -1.35. The predicted octanol–water partition coefficient (Wildman–Crippen LogP) is 1.32. The van der Waals surface area contributed by atoms with Gasteiger partial charge in [-0.3, -0.25) is 4.79 Å². The second-order valence-electron chi connectivity index (χ2n) is 4.77. The van der Waals surface area contributed by atoms with Crippen LogP contribution in [0.25, 0.3) is 0 Å². The lowest BCUT2D eigenvalue weighted by atomic mass is 9.98. The molecule has 0 spiro atoms. The van der Waals surface area contributed by atoms with Crippen LogP contribution in [-0.4, -0.2) is 25.0 Å². The molecule has 1 aliphatic heterocycles. The fourth-order valence-corrected chi connectivity index (χ4v) is 2.25. The van der Waals surface area contributed by atoms with Gasteiger partial charge in [0.25, 0.3) is 0 Å². The van der Waals surface area contributed by atoms with Gasteiger partial charge in [-0.2, -0.15) is 0 Å². The number of hydrogen-bond donors (Lipinski definition) is 2. The second-order valence-corrected chi connectivity index (χ2v) is 4.77. The van der Waals surface area contributed by atoms with Crippen LogP contribution in [-0.2, 0) is 11.2 Å². The number of rotatable bonds is 3. The van der Waals surface area contributed by atoms with Gasteiger partial charge in [0, 0.05) is 13.1 Å². The number of piperazine rings is 1. The summed E-state index contributed by atoms with van der Waals surface area (Å²) in [5.74, 6) is 0.140. The van der Waals surface area contributed by atoms with Gasteiger partial charge in [0.2, 0.25) is 5.91 Å². The first-order valence-corrected chi connectivity index (χ1v) is 6.24. The van der Waals surface area contributed by atoms with Gasteiger partial charge in [-0.1, -0.05) is 23.8 Å². The van der Waals surface area contributed by atoms with E-state index in [2.05, 4.69) is 42.7 Å². The van der Waals surface area contributed by atoms with E-state index in [1.807, 2.05) is 0 Å². The Kier molecular flexibility index (Phi) is 3.79. The van der Waals surface area contributed by atoms with Gasteiger partial charge >= 0.3 is 0 Å². The Morgan fingerprint density at radius 3 is 2.88 bits per heavy atom. The van der Waals surface area contributed by atoms with Crippen molar-refractivity contribution in [2.75, 3.05) is 13.1 Å². The molecule has 2 N–H and O–H groups in total. The van der Waals surface area contributed by atoms with E-state index in [0.29, 0.717) is 0 Å². The van der Waals surface area contributed by atoms with Gasteiger partial charge in [-0.15, -0.1) is 0 Å². The van der Waals surface area contributed by atoms with Crippen LogP contribution in [0.15, 0.2) is 18.2 Å². The summed E-state index contributed by atoms with van der Waals surface area (Å²) in [6.07, 6.45) is 1.83. The first-order valence-electron chi connectivity index (χ1n) is 6.24. The Morgan fingerprint density at radius 2 is 2.12 bits per heavy atom. The van der Waals surface area contributed by atoms with Crippen LogP contribution in [0.4, 0.5) is 0 Å². The summed E-state index contributed by atoms with van der Waals surface area (Å²) >= 11 is 0. The molecule has 3 heteroatoms. The van der Waals surface area contributed by atoms with Crippen molar-refractivity contribution < 1.29 is 4.79 Å². The van der Waals surface area contributed by atoms with Crippen molar-refractivity contribution in [1.29, 1.82) is 0 Å². The molecule has 0 saturated carbocycles. The van der Waals surface area contributed by atoms with E-state index >= 15 is 0 Å². The summed E-state index contributed by atoms with van der Waals surface area (Å²) in [4.78, 5) is 11.6.